The van der Waals surface area contributed by atoms with Crippen LogP contribution in [0.4, 0.5) is 8.78 Å². The first-order valence-corrected chi connectivity index (χ1v) is 4.33. The number of hydrogen-bond acceptors (Lipinski definition) is 1. The van der Waals surface area contributed by atoms with Gasteiger partial charge in [0.15, 0.2) is 17.5 Å². The Hall–Kier alpha value is -1.84. The molecule has 1 radical (unpaired) electrons. The third-order valence-electron chi connectivity index (χ3n) is 1.94. The van der Waals surface area contributed by atoms with E-state index < -0.39 is 11.6 Å². The number of aromatic nitrogens is 1. The average Bonchev–Trinajstić information content (AvgIpc) is 2.59. The molecule has 0 saturated heterocycles. The summed E-state index contributed by atoms with van der Waals surface area (Å²) in [6.07, 6.45) is 2.84. The van der Waals surface area contributed by atoms with Crippen LogP contribution >= 0.6 is 0 Å². The van der Waals surface area contributed by atoms with E-state index in [9.17, 15) is 8.78 Å². The minimum Gasteiger partial charge on any atom is -0.441 e. The smallest absolute Gasteiger partial charge is 0.200 e. The molecule has 0 saturated carbocycles. The van der Waals surface area contributed by atoms with Gasteiger partial charge < -0.3 is 9.30 Å². The standard InChI is InChI=1S/C11H8F2NO/c1-14-6-2-3-11(14)15-8-4-5-9(12)10(13)7-8/h2-5,7H,1H3. The molecule has 2 aromatic rings. The van der Waals surface area contributed by atoms with Crippen molar-refractivity contribution in [2.45, 2.75) is 0 Å². The molecule has 0 N–H and O–H groups in total. The molecular weight excluding hydrogens is 200 g/mol. The number of halogens is 2. The molecule has 0 amide bonds. The highest BCUT2D eigenvalue weighted by molar-refractivity contribution is 5.28. The van der Waals surface area contributed by atoms with Crippen molar-refractivity contribution in [1.29, 1.82) is 0 Å². The zero-order chi connectivity index (χ0) is 10.8. The van der Waals surface area contributed by atoms with Gasteiger partial charge in [0.1, 0.15) is 5.75 Å². The normalized spacial score (nSPS) is 10.3. The monoisotopic (exact) mass is 208 g/mol. The maximum Gasteiger partial charge on any atom is 0.200 e. The topological polar surface area (TPSA) is 14.2 Å². The summed E-state index contributed by atoms with van der Waals surface area (Å²) in [6, 6.07) is 6.75. The van der Waals surface area contributed by atoms with Gasteiger partial charge in [0, 0.05) is 19.2 Å². The number of hydrogen-bond donors (Lipinski definition) is 0. The molecule has 1 heterocycles. The molecule has 0 aliphatic carbocycles. The molecular formula is C11H8F2NO. The van der Waals surface area contributed by atoms with Gasteiger partial charge in [-0.1, -0.05) is 0 Å². The van der Waals surface area contributed by atoms with E-state index in [-0.39, 0.29) is 5.75 Å². The van der Waals surface area contributed by atoms with E-state index in [4.69, 9.17) is 4.74 Å². The maximum absolute atomic E-state index is 12.8. The van der Waals surface area contributed by atoms with Crippen molar-refractivity contribution in [3.63, 3.8) is 0 Å². The van der Waals surface area contributed by atoms with Crippen molar-refractivity contribution >= 4 is 0 Å². The van der Waals surface area contributed by atoms with Crippen molar-refractivity contribution in [2.75, 3.05) is 0 Å². The van der Waals surface area contributed by atoms with Crippen LogP contribution in [0.1, 0.15) is 0 Å². The largest absolute Gasteiger partial charge is 0.441 e. The van der Waals surface area contributed by atoms with Crippen LogP contribution in [-0.2, 0) is 7.05 Å². The van der Waals surface area contributed by atoms with Crippen LogP contribution in [0.15, 0.2) is 30.3 Å². The SMILES string of the molecule is Cn1[c]ccc1Oc1ccc(F)c(F)c1. The van der Waals surface area contributed by atoms with Gasteiger partial charge >= 0.3 is 0 Å². The van der Waals surface area contributed by atoms with Crippen molar-refractivity contribution in [2.24, 2.45) is 7.05 Å². The lowest BCUT2D eigenvalue weighted by Gasteiger charge is -2.06. The van der Waals surface area contributed by atoms with Crippen LogP contribution in [0.25, 0.3) is 0 Å². The highest BCUT2D eigenvalue weighted by Gasteiger charge is 2.05. The van der Waals surface area contributed by atoms with Crippen molar-refractivity contribution in [3.8, 4) is 11.6 Å². The van der Waals surface area contributed by atoms with Crippen LogP contribution in [0, 0.1) is 17.8 Å². The fourth-order valence-corrected chi connectivity index (χ4v) is 1.16. The summed E-state index contributed by atoms with van der Waals surface area (Å²) in [4.78, 5) is 0. The molecule has 15 heavy (non-hydrogen) atoms. The summed E-state index contributed by atoms with van der Waals surface area (Å²) in [5.41, 5.74) is 0. The zero-order valence-electron chi connectivity index (χ0n) is 8.00. The Morgan fingerprint density at radius 3 is 2.60 bits per heavy atom. The van der Waals surface area contributed by atoms with Crippen LogP contribution in [0.2, 0.25) is 0 Å². The number of aryl methyl sites for hydroxylation is 1. The molecule has 0 aliphatic rings. The molecule has 77 valence electrons. The van der Waals surface area contributed by atoms with Crippen LogP contribution in [0.5, 0.6) is 11.6 Å². The second-order valence-corrected chi connectivity index (χ2v) is 3.04. The highest BCUT2D eigenvalue weighted by Crippen LogP contribution is 2.22. The van der Waals surface area contributed by atoms with Gasteiger partial charge in [-0.15, -0.1) is 0 Å². The molecule has 1 aromatic heterocycles. The summed E-state index contributed by atoms with van der Waals surface area (Å²) in [5, 5.41) is 0. The fourth-order valence-electron chi connectivity index (χ4n) is 1.16. The first kappa shape index (κ1) is 9.71. The van der Waals surface area contributed by atoms with Crippen molar-refractivity contribution < 1.29 is 13.5 Å². The third-order valence-corrected chi connectivity index (χ3v) is 1.94. The van der Waals surface area contributed by atoms with Crippen LogP contribution in [-0.4, -0.2) is 4.57 Å². The Balaban J connectivity index is 2.25. The second-order valence-electron chi connectivity index (χ2n) is 3.04. The molecule has 2 rings (SSSR count). The van der Waals surface area contributed by atoms with Gasteiger partial charge in [-0.3, -0.25) is 0 Å². The van der Waals surface area contributed by atoms with Gasteiger partial charge in [0.05, 0.1) is 6.20 Å². The van der Waals surface area contributed by atoms with Gasteiger partial charge in [0.25, 0.3) is 0 Å². The van der Waals surface area contributed by atoms with Gasteiger partial charge in [-0.05, 0) is 18.2 Å². The Kier molecular flexibility index (Phi) is 2.41. The predicted octanol–water partition coefficient (Wildman–Crippen LogP) is 2.90. The third kappa shape index (κ3) is 1.98. The quantitative estimate of drug-likeness (QED) is 0.740. The molecule has 1 aromatic carbocycles. The van der Waals surface area contributed by atoms with Gasteiger partial charge in [-0.2, -0.15) is 0 Å². The number of benzene rings is 1. The molecule has 0 unspecified atom stereocenters. The van der Waals surface area contributed by atoms with Gasteiger partial charge in [0.2, 0.25) is 0 Å². The van der Waals surface area contributed by atoms with E-state index in [2.05, 4.69) is 6.20 Å². The Morgan fingerprint density at radius 2 is 2.00 bits per heavy atom. The van der Waals surface area contributed by atoms with Crippen molar-refractivity contribution in [3.05, 3.63) is 48.2 Å². The molecule has 0 spiro atoms. The van der Waals surface area contributed by atoms with E-state index in [0.717, 1.165) is 12.1 Å². The first-order valence-electron chi connectivity index (χ1n) is 4.33. The summed E-state index contributed by atoms with van der Waals surface area (Å²) < 4.78 is 32.4. The van der Waals surface area contributed by atoms with Gasteiger partial charge in [-0.25, -0.2) is 8.78 Å². The van der Waals surface area contributed by atoms with E-state index in [1.165, 1.54) is 6.07 Å². The molecule has 2 nitrogen and oxygen atoms in total. The van der Waals surface area contributed by atoms with E-state index in [0.29, 0.717) is 5.88 Å². The maximum atomic E-state index is 12.8. The van der Waals surface area contributed by atoms with Crippen molar-refractivity contribution in [1.82, 2.24) is 4.57 Å². The summed E-state index contributed by atoms with van der Waals surface area (Å²) in [7, 11) is 1.75. The van der Waals surface area contributed by atoms with Crippen LogP contribution < -0.4 is 4.74 Å². The van der Waals surface area contributed by atoms with E-state index in [1.807, 2.05) is 0 Å². The average molecular weight is 208 g/mol. The predicted molar refractivity (Wildman–Crippen MR) is 50.7 cm³/mol. The summed E-state index contributed by atoms with van der Waals surface area (Å²) in [6.45, 7) is 0. The Labute approximate surface area is 85.7 Å². The fraction of sp³-hybridized carbons (Fsp3) is 0.0909. The lowest BCUT2D eigenvalue weighted by atomic mass is 10.3. The molecule has 0 atom stereocenters. The molecule has 4 heteroatoms. The highest BCUT2D eigenvalue weighted by atomic mass is 19.2. The minimum absolute atomic E-state index is 0.254. The Bertz CT molecular complexity index is 479. The second kappa shape index (κ2) is 3.73. The molecule has 0 aliphatic heterocycles. The lowest BCUT2D eigenvalue weighted by Crippen LogP contribution is -1.93. The van der Waals surface area contributed by atoms with E-state index >= 15 is 0 Å². The molecule has 0 fully saturated rings. The number of ether oxygens (including phenoxy) is 1. The van der Waals surface area contributed by atoms with Crippen LogP contribution in [0.3, 0.4) is 0 Å². The lowest BCUT2D eigenvalue weighted by molar-refractivity contribution is 0.432. The minimum atomic E-state index is -0.925. The number of rotatable bonds is 2. The Morgan fingerprint density at radius 1 is 1.20 bits per heavy atom. The summed E-state index contributed by atoms with van der Waals surface area (Å²) >= 11 is 0. The number of nitrogens with zero attached hydrogens (tertiary/aromatic N) is 1. The first-order chi connectivity index (χ1) is 7.16. The van der Waals surface area contributed by atoms with E-state index in [1.54, 1.807) is 23.7 Å². The zero-order valence-corrected chi connectivity index (χ0v) is 8.00. The molecule has 0 bridgehead atoms. The summed E-state index contributed by atoms with van der Waals surface area (Å²) in [5.74, 6) is -1.04.